The molecule has 2 amide bonds. The maximum absolute atomic E-state index is 11.6. The van der Waals surface area contributed by atoms with Crippen molar-refractivity contribution >= 4 is 17.8 Å². The molecule has 0 fully saturated rings. The van der Waals surface area contributed by atoms with Gasteiger partial charge < -0.3 is 15.3 Å². The van der Waals surface area contributed by atoms with Crippen LogP contribution in [-0.2, 0) is 14.4 Å². The van der Waals surface area contributed by atoms with Crippen molar-refractivity contribution in [1.82, 2.24) is 10.2 Å². The first-order valence-electron chi connectivity index (χ1n) is 5.21. The van der Waals surface area contributed by atoms with Crippen LogP contribution < -0.4 is 5.32 Å². The van der Waals surface area contributed by atoms with Gasteiger partial charge in [-0.05, 0) is 13.3 Å². The van der Waals surface area contributed by atoms with E-state index >= 15 is 0 Å². The molecule has 16 heavy (non-hydrogen) atoms. The summed E-state index contributed by atoms with van der Waals surface area (Å²) in [6, 6.07) is 0. The van der Waals surface area contributed by atoms with Gasteiger partial charge in [0.05, 0.1) is 6.54 Å². The Morgan fingerprint density at radius 1 is 1.25 bits per heavy atom. The van der Waals surface area contributed by atoms with E-state index in [2.05, 4.69) is 5.32 Å². The second kappa shape index (κ2) is 7.67. The van der Waals surface area contributed by atoms with Gasteiger partial charge in [0, 0.05) is 26.4 Å². The summed E-state index contributed by atoms with van der Waals surface area (Å²) in [5.74, 6) is -1.33. The lowest BCUT2D eigenvalue weighted by Crippen LogP contribution is -2.39. The smallest absolute Gasteiger partial charge is 0.303 e. The Bertz CT molecular complexity index is 266. The second-order valence-corrected chi connectivity index (χ2v) is 3.33. The molecule has 0 bridgehead atoms. The zero-order valence-electron chi connectivity index (χ0n) is 9.65. The molecule has 0 aliphatic heterocycles. The SMILES string of the molecule is CCN(CC(=O)NC)C(=O)CCCC(=O)O. The zero-order chi connectivity index (χ0) is 12.6. The summed E-state index contributed by atoms with van der Waals surface area (Å²) in [6.45, 7) is 2.25. The van der Waals surface area contributed by atoms with Gasteiger partial charge in [0.1, 0.15) is 0 Å². The van der Waals surface area contributed by atoms with Crippen molar-refractivity contribution in [1.29, 1.82) is 0 Å². The summed E-state index contributed by atoms with van der Waals surface area (Å²) >= 11 is 0. The van der Waals surface area contributed by atoms with E-state index in [0.29, 0.717) is 13.0 Å². The third kappa shape index (κ3) is 6.00. The van der Waals surface area contributed by atoms with E-state index in [1.54, 1.807) is 6.92 Å². The van der Waals surface area contributed by atoms with Gasteiger partial charge in [-0.3, -0.25) is 14.4 Å². The summed E-state index contributed by atoms with van der Waals surface area (Å²) in [5, 5.41) is 10.8. The van der Waals surface area contributed by atoms with Crippen LogP contribution in [0.4, 0.5) is 0 Å². The molecule has 0 aliphatic rings. The maximum Gasteiger partial charge on any atom is 0.303 e. The highest BCUT2D eigenvalue weighted by atomic mass is 16.4. The lowest BCUT2D eigenvalue weighted by Gasteiger charge is -2.19. The fourth-order valence-electron chi connectivity index (χ4n) is 1.18. The fourth-order valence-corrected chi connectivity index (χ4v) is 1.18. The maximum atomic E-state index is 11.6. The summed E-state index contributed by atoms with van der Waals surface area (Å²) in [7, 11) is 1.51. The number of hydrogen-bond acceptors (Lipinski definition) is 3. The number of hydrogen-bond donors (Lipinski definition) is 2. The minimum Gasteiger partial charge on any atom is -0.481 e. The quantitative estimate of drug-likeness (QED) is 0.636. The predicted molar refractivity (Wildman–Crippen MR) is 57.8 cm³/mol. The molecule has 0 saturated carbocycles. The molecule has 0 aromatic carbocycles. The van der Waals surface area contributed by atoms with Crippen molar-refractivity contribution < 1.29 is 19.5 Å². The molecular formula is C10H18N2O4. The van der Waals surface area contributed by atoms with E-state index in [1.807, 2.05) is 0 Å². The number of nitrogens with zero attached hydrogens (tertiary/aromatic N) is 1. The van der Waals surface area contributed by atoms with Gasteiger partial charge in [-0.25, -0.2) is 0 Å². The summed E-state index contributed by atoms with van der Waals surface area (Å²) in [5.41, 5.74) is 0. The van der Waals surface area contributed by atoms with Crippen molar-refractivity contribution in [2.75, 3.05) is 20.1 Å². The van der Waals surface area contributed by atoms with Gasteiger partial charge in [0.2, 0.25) is 11.8 Å². The van der Waals surface area contributed by atoms with Crippen LogP contribution in [0.15, 0.2) is 0 Å². The zero-order valence-corrected chi connectivity index (χ0v) is 9.65. The average molecular weight is 230 g/mol. The summed E-state index contributed by atoms with van der Waals surface area (Å²) in [6.07, 6.45) is 0.443. The van der Waals surface area contributed by atoms with Gasteiger partial charge in [-0.15, -0.1) is 0 Å². The molecule has 2 N–H and O–H groups in total. The highest BCUT2D eigenvalue weighted by Crippen LogP contribution is 2.01. The highest BCUT2D eigenvalue weighted by molar-refractivity contribution is 5.84. The Kier molecular flexibility index (Phi) is 6.91. The topological polar surface area (TPSA) is 86.7 Å². The molecule has 0 rings (SSSR count). The molecule has 0 aromatic heterocycles. The van der Waals surface area contributed by atoms with E-state index in [9.17, 15) is 14.4 Å². The van der Waals surface area contributed by atoms with Crippen molar-refractivity contribution in [3.63, 3.8) is 0 Å². The molecule has 0 heterocycles. The van der Waals surface area contributed by atoms with Crippen LogP contribution >= 0.6 is 0 Å². The standard InChI is InChI=1S/C10H18N2O4/c1-3-12(7-8(13)11-2)9(14)5-4-6-10(15)16/h3-7H2,1-2H3,(H,11,13)(H,15,16). The molecular weight excluding hydrogens is 212 g/mol. The van der Waals surface area contributed by atoms with E-state index in [1.165, 1.54) is 11.9 Å². The normalized spacial score (nSPS) is 9.62. The largest absolute Gasteiger partial charge is 0.481 e. The van der Waals surface area contributed by atoms with Gasteiger partial charge in [-0.2, -0.15) is 0 Å². The van der Waals surface area contributed by atoms with Crippen molar-refractivity contribution in [3.05, 3.63) is 0 Å². The van der Waals surface area contributed by atoms with Crippen molar-refractivity contribution in [3.8, 4) is 0 Å². The molecule has 0 radical (unpaired) electrons. The molecule has 0 spiro atoms. The molecule has 0 unspecified atom stereocenters. The molecule has 0 atom stereocenters. The van der Waals surface area contributed by atoms with Crippen molar-refractivity contribution in [2.45, 2.75) is 26.2 Å². The van der Waals surface area contributed by atoms with Gasteiger partial charge in [0.15, 0.2) is 0 Å². The monoisotopic (exact) mass is 230 g/mol. The Morgan fingerprint density at radius 3 is 2.31 bits per heavy atom. The van der Waals surface area contributed by atoms with Crippen LogP contribution in [0.2, 0.25) is 0 Å². The Balaban J connectivity index is 4.00. The number of aliphatic carboxylic acids is 1. The highest BCUT2D eigenvalue weighted by Gasteiger charge is 2.14. The molecule has 92 valence electrons. The number of carboxylic acids is 1. The third-order valence-corrected chi connectivity index (χ3v) is 2.13. The Hall–Kier alpha value is -1.59. The fraction of sp³-hybridized carbons (Fsp3) is 0.700. The molecule has 6 nitrogen and oxygen atoms in total. The average Bonchev–Trinajstić information content (AvgIpc) is 2.24. The van der Waals surface area contributed by atoms with Crippen LogP contribution in [0.1, 0.15) is 26.2 Å². The lowest BCUT2D eigenvalue weighted by molar-refractivity contribution is -0.138. The van der Waals surface area contributed by atoms with Gasteiger partial charge >= 0.3 is 5.97 Å². The van der Waals surface area contributed by atoms with Crippen molar-refractivity contribution in [2.24, 2.45) is 0 Å². The molecule has 0 aromatic rings. The summed E-state index contributed by atoms with van der Waals surface area (Å²) in [4.78, 5) is 34.3. The number of rotatable bonds is 7. The summed E-state index contributed by atoms with van der Waals surface area (Å²) < 4.78 is 0. The van der Waals surface area contributed by atoms with E-state index < -0.39 is 5.97 Å². The molecule has 0 aliphatic carbocycles. The first-order valence-corrected chi connectivity index (χ1v) is 5.21. The van der Waals surface area contributed by atoms with E-state index in [-0.39, 0.29) is 31.2 Å². The molecule has 6 heteroatoms. The predicted octanol–water partition coefficient (Wildman–Crippen LogP) is -0.164. The third-order valence-electron chi connectivity index (χ3n) is 2.13. The number of likely N-dealkylation sites (N-methyl/N-ethyl adjacent to an activating group) is 2. The van der Waals surface area contributed by atoms with Gasteiger partial charge in [0.25, 0.3) is 0 Å². The number of amides is 2. The first-order chi connectivity index (χ1) is 7.51. The Morgan fingerprint density at radius 2 is 1.88 bits per heavy atom. The minimum absolute atomic E-state index is 0.0245. The molecule has 0 saturated heterocycles. The van der Waals surface area contributed by atoms with Crippen LogP contribution in [0.25, 0.3) is 0 Å². The van der Waals surface area contributed by atoms with Crippen LogP contribution in [-0.4, -0.2) is 47.9 Å². The number of nitrogens with one attached hydrogen (secondary N) is 1. The van der Waals surface area contributed by atoms with E-state index in [4.69, 9.17) is 5.11 Å². The second-order valence-electron chi connectivity index (χ2n) is 3.33. The first kappa shape index (κ1) is 14.4. The van der Waals surface area contributed by atoms with Crippen LogP contribution in [0, 0.1) is 0 Å². The van der Waals surface area contributed by atoms with Gasteiger partial charge in [-0.1, -0.05) is 0 Å². The number of carbonyl (C=O) groups is 3. The van der Waals surface area contributed by atoms with Crippen LogP contribution in [0.5, 0.6) is 0 Å². The van der Waals surface area contributed by atoms with Crippen LogP contribution in [0.3, 0.4) is 0 Å². The number of carbonyl (C=O) groups excluding carboxylic acids is 2. The Labute approximate surface area is 94.6 Å². The minimum atomic E-state index is -0.915. The lowest BCUT2D eigenvalue weighted by atomic mass is 10.2. The number of carboxylic acid groups (broad SMARTS) is 1. The van der Waals surface area contributed by atoms with E-state index in [0.717, 1.165) is 0 Å².